The fourth-order valence-corrected chi connectivity index (χ4v) is 0.705. The lowest BCUT2D eigenvalue weighted by Gasteiger charge is -2.21. The number of nitrogens with two attached hydrogens (primary N) is 1. The van der Waals surface area contributed by atoms with Crippen LogP contribution in [0, 0.1) is 0 Å². The second-order valence-electron chi connectivity index (χ2n) is 3.29. The molecule has 0 rings (SSSR count). The van der Waals surface area contributed by atoms with Crippen LogP contribution in [0.25, 0.3) is 0 Å². The molecule has 0 unspecified atom stereocenters. The number of ether oxygens (including phenoxy) is 1. The van der Waals surface area contributed by atoms with E-state index >= 15 is 0 Å². The maximum absolute atomic E-state index is 11.0. The zero-order valence-electron chi connectivity index (χ0n) is 7.06. The molecule has 1 atom stereocenters. The molecule has 0 aliphatic rings. The van der Waals surface area contributed by atoms with Crippen molar-refractivity contribution < 1.29 is 9.53 Å². The quantitative estimate of drug-likeness (QED) is 0.563. The van der Waals surface area contributed by atoms with E-state index in [4.69, 9.17) is 10.5 Å². The van der Waals surface area contributed by atoms with E-state index in [1.807, 2.05) is 20.8 Å². The molecule has 11 heavy (non-hydrogen) atoms. The maximum atomic E-state index is 11.0. The molecule has 0 aromatic rings. The summed E-state index contributed by atoms with van der Waals surface area (Å²) in [5, 5.41) is 0.432. The van der Waals surface area contributed by atoms with Gasteiger partial charge in [0.15, 0.2) is 0 Å². The lowest BCUT2D eigenvalue weighted by Crippen LogP contribution is -2.38. The van der Waals surface area contributed by atoms with Crippen LogP contribution >= 0.6 is 15.9 Å². The Morgan fingerprint density at radius 3 is 2.36 bits per heavy atom. The Hall–Kier alpha value is -0.0900. The van der Waals surface area contributed by atoms with Crippen LogP contribution in [0.3, 0.4) is 0 Å². The van der Waals surface area contributed by atoms with Crippen LogP contribution < -0.4 is 5.73 Å². The number of alkyl halides is 1. The van der Waals surface area contributed by atoms with E-state index in [0.717, 1.165) is 0 Å². The van der Waals surface area contributed by atoms with Gasteiger partial charge in [-0.25, -0.2) is 0 Å². The molecule has 0 bridgehead atoms. The van der Waals surface area contributed by atoms with Crippen LogP contribution in [0.2, 0.25) is 0 Å². The minimum absolute atomic E-state index is 0.366. The van der Waals surface area contributed by atoms with Gasteiger partial charge >= 0.3 is 5.97 Å². The molecule has 0 fully saturated rings. The van der Waals surface area contributed by atoms with E-state index in [2.05, 4.69) is 15.9 Å². The molecule has 0 aromatic heterocycles. The van der Waals surface area contributed by atoms with E-state index < -0.39 is 11.6 Å². The summed E-state index contributed by atoms with van der Waals surface area (Å²) in [6, 6.07) is -0.561. The molecule has 3 nitrogen and oxygen atoms in total. The van der Waals surface area contributed by atoms with Crippen molar-refractivity contribution in [1.82, 2.24) is 0 Å². The minimum Gasteiger partial charge on any atom is -0.459 e. The number of halogens is 1. The zero-order chi connectivity index (χ0) is 9.07. The van der Waals surface area contributed by atoms with Crippen LogP contribution in [0.4, 0.5) is 0 Å². The number of carbonyl (C=O) groups excluding carboxylic acids is 1. The van der Waals surface area contributed by atoms with Crippen molar-refractivity contribution in [3.63, 3.8) is 0 Å². The average Bonchev–Trinajstić information content (AvgIpc) is 1.82. The van der Waals surface area contributed by atoms with E-state index in [-0.39, 0.29) is 5.97 Å². The first-order valence-corrected chi connectivity index (χ1v) is 4.53. The highest BCUT2D eigenvalue weighted by atomic mass is 79.9. The van der Waals surface area contributed by atoms with E-state index in [0.29, 0.717) is 5.33 Å². The van der Waals surface area contributed by atoms with Gasteiger partial charge in [-0.2, -0.15) is 0 Å². The molecule has 4 heteroatoms. The number of hydrogen-bond acceptors (Lipinski definition) is 3. The Labute approximate surface area is 75.4 Å². The fourth-order valence-electron chi connectivity index (χ4n) is 0.440. The summed E-state index contributed by atoms with van der Waals surface area (Å²) in [7, 11) is 0. The highest BCUT2D eigenvalue weighted by Gasteiger charge is 2.20. The van der Waals surface area contributed by atoms with Crippen LogP contribution in [0.1, 0.15) is 20.8 Å². The predicted molar refractivity (Wildman–Crippen MR) is 47.6 cm³/mol. The second-order valence-corrected chi connectivity index (χ2v) is 3.94. The summed E-state index contributed by atoms with van der Waals surface area (Å²) >= 11 is 3.10. The predicted octanol–water partition coefficient (Wildman–Crippen LogP) is 1.05. The molecular weight excluding hydrogens is 210 g/mol. The monoisotopic (exact) mass is 223 g/mol. The standard InChI is InChI=1S/C7H14BrNO2/c1-7(2,3)11-6(10)5(9)4-8/h5H,4,9H2,1-3H3/t5-/m0/s1. The van der Waals surface area contributed by atoms with Crippen molar-refractivity contribution >= 4 is 21.9 Å². The van der Waals surface area contributed by atoms with Gasteiger partial charge in [-0.05, 0) is 20.8 Å². The second kappa shape index (κ2) is 4.07. The Morgan fingerprint density at radius 2 is 2.09 bits per heavy atom. The van der Waals surface area contributed by atoms with Gasteiger partial charge in [0.05, 0.1) is 0 Å². The summed E-state index contributed by atoms with van der Waals surface area (Å²) in [4.78, 5) is 11.0. The molecule has 0 aromatic carbocycles. The van der Waals surface area contributed by atoms with Gasteiger partial charge in [0.2, 0.25) is 0 Å². The summed E-state index contributed by atoms with van der Waals surface area (Å²) in [5.41, 5.74) is 4.95. The van der Waals surface area contributed by atoms with Crippen LogP contribution in [0.15, 0.2) is 0 Å². The first-order chi connectivity index (χ1) is 4.87. The normalized spacial score (nSPS) is 14.3. The first kappa shape index (κ1) is 10.9. The Kier molecular flexibility index (Phi) is 4.03. The highest BCUT2D eigenvalue weighted by Crippen LogP contribution is 2.08. The minimum atomic E-state index is -0.561. The third-order valence-electron chi connectivity index (χ3n) is 0.876. The zero-order valence-corrected chi connectivity index (χ0v) is 8.64. The van der Waals surface area contributed by atoms with Gasteiger partial charge in [-0.1, -0.05) is 15.9 Å². The smallest absolute Gasteiger partial charge is 0.324 e. The van der Waals surface area contributed by atoms with Gasteiger partial charge in [0.25, 0.3) is 0 Å². The Balaban J connectivity index is 3.88. The van der Waals surface area contributed by atoms with Crippen molar-refractivity contribution in [3.05, 3.63) is 0 Å². The molecule has 0 radical (unpaired) electrons. The molecule has 0 spiro atoms. The Morgan fingerprint density at radius 1 is 1.64 bits per heavy atom. The third-order valence-corrected chi connectivity index (χ3v) is 1.57. The third kappa shape index (κ3) is 5.21. The highest BCUT2D eigenvalue weighted by molar-refractivity contribution is 9.09. The average molecular weight is 224 g/mol. The van der Waals surface area contributed by atoms with Gasteiger partial charge in [0, 0.05) is 5.33 Å². The Bertz CT molecular complexity index is 142. The number of rotatable bonds is 2. The number of esters is 1. The van der Waals surface area contributed by atoms with Crippen molar-refractivity contribution in [2.45, 2.75) is 32.4 Å². The molecule has 0 aliphatic heterocycles. The topological polar surface area (TPSA) is 52.3 Å². The maximum Gasteiger partial charge on any atom is 0.324 e. The molecule has 0 saturated heterocycles. The summed E-state index contributed by atoms with van der Waals surface area (Å²) in [6.45, 7) is 5.43. The largest absolute Gasteiger partial charge is 0.459 e. The number of carbonyl (C=O) groups is 1. The lowest BCUT2D eigenvalue weighted by atomic mass is 10.2. The van der Waals surface area contributed by atoms with E-state index in [9.17, 15) is 4.79 Å². The van der Waals surface area contributed by atoms with Crippen LogP contribution in [-0.2, 0) is 9.53 Å². The van der Waals surface area contributed by atoms with Gasteiger partial charge < -0.3 is 10.5 Å². The van der Waals surface area contributed by atoms with Crippen molar-refractivity contribution in [3.8, 4) is 0 Å². The first-order valence-electron chi connectivity index (χ1n) is 3.41. The van der Waals surface area contributed by atoms with Crippen molar-refractivity contribution in [2.75, 3.05) is 5.33 Å². The molecule has 2 N–H and O–H groups in total. The van der Waals surface area contributed by atoms with Crippen molar-refractivity contribution in [1.29, 1.82) is 0 Å². The molecular formula is C7H14BrNO2. The summed E-state index contributed by atoms with van der Waals surface area (Å²) in [5.74, 6) is -0.366. The summed E-state index contributed by atoms with van der Waals surface area (Å²) in [6.07, 6.45) is 0. The lowest BCUT2D eigenvalue weighted by molar-refractivity contribution is -0.155. The molecule has 0 aliphatic carbocycles. The number of hydrogen-bond donors (Lipinski definition) is 1. The summed E-state index contributed by atoms with van der Waals surface area (Å²) < 4.78 is 5.00. The van der Waals surface area contributed by atoms with Crippen LogP contribution in [0.5, 0.6) is 0 Å². The molecule has 66 valence electrons. The SMILES string of the molecule is CC(C)(C)OC(=O)[C@@H](N)CBr. The van der Waals surface area contributed by atoms with Crippen molar-refractivity contribution in [2.24, 2.45) is 5.73 Å². The van der Waals surface area contributed by atoms with Gasteiger partial charge in [-0.15, -0.1) is 0 Å². The van der Waals surface area contributed by atoms with E-state index in [1.54, 1.807) is 0 Å². The van der Waals surface area contributed by atoms with E-state index in [1.165, 1.54) is 0 Å². The molecule has 0 saturated carbocycles. The fraction of sp³-hybridized carbons (Fsp3) is 0.857. The van der Waals surface area contributed by atoms with Crippen LogP contribution in [-0.4, -0.2) is 22.9 Å². The van der Waals surface area contributed by atoms with Gasteiger partial charge in [-0.3, -0.25) is 4.79 Å². The molecule has 0 heterocycles. The van der Waals surface area contributed by atoms with Gasteiger partial charge in [0.1, 0.15) is 11.6 Å². The molecule has 0 amide bonds.